The highest BCUT2D eigenvalue weighted by Crippen LogP contribution is 2.25. The monoisotopic (exact) mass is 372 g/mol. The number of anilines is 1. The van der Waals surface area contributed by atoms with Gasteiger partial charge in [0.15, 0.2) is 11.7 Å². The fourth-order valence-corrected chi connectivity index (χ4v) is 2.25. The van der Waals surface area contributed by atoms with Crippen LogP contribution in [0.25, 0.3) is 10.9 Å². The molecule has 0 radical (unpaired) electrons. The van der Waals surface area contributed by atoms with Crippen LogP contribution in [0, 0.1) is 5.92 Å². The zero-order chi connectivity index (χ0) is 19.8. The number of nitrogens with zero attached hydrogens (tertiary/aromatic N) is 3. The molecular formula is C18H20N4O5. The molecule has 1 amide bonds. The number of aliphatic imine (C=N–C) groups is 1. The average Bonchev–Trinajstić information content (AvgIpc) is 2.62. The Balaban J connectivity index is 2.39. The average molecular weight is 372 g/mol. The van der Waals surface area contributed by atoms with Crippen LogP contribution in [0.2, 0.25) is 0 Å². The summed E-state index contributed by atoms with van der Waals surface area (Å²) < 4.78 is 9.80. The van der Waals surface area contributed by atoms with E-state index in [1.807, 2.05) is 0 Å². The van der Waals surface area contributed by atoms with Crippen LogP contribution < -0.4 is 5.32 Å². The van der Waals surface area contributed by atoms with Crippen LogP contribution in [0.5, 0.6) is 0 Å². The Bertz CT molecular complexity index is 863. The zero-order valence-electron chi connectivity index (χ0n) is 15.3. The van der Waals surface area contributed by atoms with Crippen molar-refractivity contribution in [3.05, 3.63) is 24.5 Å². The van der Waals surface area contributed by atoms with E-state index < -0.39 is 17.9 Å². The van der Waals surface area contributed by atoms with Crippen molar-refractivity contribution in [2.24, 2.45) is 10.9 Å². The lowest BCUT2D eigenvalue weighted by molar-refractivity contribution is -0.157. The summed E-state index contributed by atoms with van der Waals surface area (Å²) in [5.41, 5.74) is 1.14. The van der Waals surface area contributed by atoms with Gasteiger partial charge in [0, 0.05) is 24.2 Å². The second-order valence-corrected chi connectivity index (χ2v) is 5.37. The molecule has 2 aromatic rings. The predicted molar refractivity (Wildman–Crippen MR) is 98.7 cm³/mol. The highest BCUT2D eigenvalue weighted by molar-refractivity contribution is 6.10. The first-order valence-corrected chi connectivity index (χ1v) is 8.36. The third-order valence-corrected chi connectivity index (χ3v) is 3.36. The van der Waals surface area contributed by atoms with Gasteiger partial charge in [-0.25, -0.2) is 15.0 Å². The fourth-order valence-electron chi connectivity index (χ4n) is 2.25. The minimum absolute atomic E-state index is 0.124. The van der Waals surface area contributed by atoms with Gasteiger partial charge >= 0.3 is 11.9 Å². The van der Waals surface area contributed by atoms with Gasteiger partial charge in [0.25, 0.3) is 0 Å². The first-order chi connectivity index (χ1) is 13.0. The lowest BCUT2D eigenvalue weighted by Crippen LogP contribution is -2.29. The van der Waals surface area contributed by atoms with Crippen molar-refractivity contribution in [3.63, 3.8) is 0 Å². The molecule has 9 heteroatoms. The Morgan fingerprint density at radius 2 is 1.81 bits per heavy atom. The van der Waals surface area contributed by atoms with Gasteiger partial charge in [0.1, 0.15) is 6.33 Å². The van der Waals surface area contributed by atoms with Crippen LogP contribution in [-0.2, 0) is 23.9 Å². The zero-order valence-corrected chi connectivity index (χ0v) is 15.3. The number of hydrogen-bond donors (Lipinski definition) is 1. The highest BCUT2D eigenvalue weighted by Gasteiger charge is 2.27. The van der Waals surface area contributed by atoms with E-state index in [2.05, 4.69) is 20.3 Å². The van der Waals surface area contributed by atoms with Gasteiger partial charge in [0.05, 0.1) is 18.7 Å². The van der Waals surface area contributed by atoms with Crippen molar-refractivity contribution in [2.75, 3.05) is 18.5 Å². The first-order valence-electron chi connectivity index (χ1n) is 8.36. The van der Waals surface area contributed by atoms with Gasteiger partial charge in [0.2, 0.25) is 5.91 Å². The second kappa shape index (κ2) is 9.37. The number of rotatable bonds is 7. The van der Waals surface area contributed by atoms with Gasteiger partial charge in [-0.2, -0.15) is 0 Å². The molecule has 2 rings (SSSR count). The number of carbonyl (C=O) groups excluding carboxylic acids is 3. The van der Waals surface area contributed by atoms with E-state index in [1.54, 1.807) is 32.0 Å². The van der Waals surface area contributed by atoms with Crippen molar-refractivity contribution in [2.45, 2.75) is 20.8 Å². The molecule has 0 bridgehead atoms. The van der Waals surface area contributed by atoms with Crippen LogP contribution in [0.1, 0.15) is 20.8 Å². The molecule has 0 spiro atoms. The van der Waals surface area contributed by atoms with Crippen molar-refractivity contribution in [1.82, 2.24) is 9.97 Å². The molecule has 0 atom stereocenters. The van der Waals surface area contributed by atoms with Crippen LogP contribution >= 0.6 is 0 Å². The molecule has 0 saturated carbocycles. The second-order valence-electron chi connectivity index (χ2n) is 5.37. The van der Waals surface area contributed by atoms with E-state index in [9.17, 15) is 14.4 Å². The minimum atomic E-state index is -1.30. The molecule has 9 nitrogen and oxygen atoms in total. The molecule has 1 N–H and O–H groups in total. The number of amides is 1. The molecule has 0 aliphatic heterocycles. The Morgan fingerprint density at radius 1 is 1.15 bits per heavy atom. The highest BCUT2D eigenvalue weighted by atomic mass is 16.6. The maximum Gasteiger partial charge on any atom is 0.325 e. The third kappa shape index (κ3) is 5.30. The summed E-state index contributed by atoms with van der Waals surface area (Å²) in [6.07, 6.45) is 2.46. The maximum absolute atomic E-state index is 12.0. The molecule has 1 aromatic carbocycles. The number of fused-ring (bicyclic) bond motifs is 1. The molecule has 0 aliphatic rings. The number of esters is 2. The van der Waals surface area contributed by atoms with E-state index in [0.717, 1.165) is 6.21 Å². The largest absolute Gasteiger partial charge is 0.465 e. The topological polar surface area (TPSA) is 120 Å². The summed E-state index contributed by atoms with van der Waals surface area (Å²) >= 11 is 0. The summed E-state index contributed by atoms with van der Waals surface area (Å²) in [5.74, 6) is -2.78. The molecule has 1 aromatic heterocycles. The summed E-state index contributed by atoms with van der Waals surface area (Å²) in [4.78, 5) is 47.7. The summed E-state index contributed by atoms with van der Waals surface area (Å²) in [7, 11) is 0. The van der Waals surface area contributed by atoms with Crippen molar-refractivity contribution < 1.29 is 23.9 Å². The number of aromatic nitrogens is 2. The van der Waals surface area contributed by atoms with E-state index in [1.165, 1.54) is 13.3 Å². The molecule has 0 unspecified atom stereocenters. The molecule has 0 saturated heterocycles. The Kier molecular flexibility index (Phi) is 6.93. The smallest absolute Gasteiger partial charge is 0.325 e. The number of benzene rings is 1. The molecule has 0 aliphatic carbocycles. The van der Waals surface area contributed by atoms with E-state index in [-0.39, 0.29) is 24.9 Å². The summed E-state index contributed by atoms with van der Waals surface area (Å²) in [5, 5.41) is 3.21. The lowest BCUT2D eigenvalue weighted by atomic mass is 10.1. The van der Waals surface area contributed by atoms with Crippen LogP contribution in [-0.4, -0.2) is 47.2 Å². The number of hydrogen-bond acceptors (Lipinski definition) is 8. The third-order valence-electron chi connectivity index (χ3n) is 3.36. The van der Waals surface area contributed by atoms with E-state index >= 15 is 0 Å². The quantitative estimate of drug-likeness (QED) is 0.448. The molecular weight excluding hydrogens is 352 g/mol. The van der Waals surface area contributed by atoms with Gasteiger partial charge in [-0.05, 0) is 32.0 Å². The van der Waals surface area contributed by atoms with Gasteiger partial charge in [-0.15, -0.1) is 0 Å². The number of carbonyl (C=O) groups is 3. The molecule has 1 heterocycles. The lowest BCUT2D eigenvalue weighted by Gasteiger charge is -2.10. The van der Waals surface area contributed by atoms with Gasteiger partial charge in [-0.1, -0.05) is 0 Å². The first kappa shape index (κ1) is 20.0. The standard InChI is InChI=1S/C18H20N4O5/c1-4-26-17(24)14(18(25)27-5-2)9-19-16-13-8-12(22-11(3)23)6-7-15(13)20-10-21-16/h6-10,14H,4-5H2,1-3H3,(H,22,23). The van der Waals surface area contributed by atoms with Crippen molar-refractivity contribution in [3.8, 4) is 0 Å². The summed E-state index contributed by atoms with van der Waals surface area (Å²) in [6.45, 7) is 4.92. The SMILES string of the molecule is CCOC(=O)C(C=Nc1ncnc2ccc(NC(C)=O)cc12)C(=O)OCC. The van der Waals surface area contributed by atoms with Crippen LogP contribution in [0.4, 0.5) is 11.5 Å². The van der Waals surface area contributed by atoms with Crippen molar-refractivity contribution in [1.29, 1.82) is 0 Å². The predicted octanol–water partition coefficient (Wildman–Crippen LogP) is 2.03. The molecule has 142 valence electrons. The van der Waals surface area contributed by atoms with Crippen molar-refractivity contribution >= 4 is 46.5 Å². The number of ether oxygens (including phenoxy) is 2. The molecule has 27 heavy (non-hydrogen) atoms. The summed E-state index contributed by atoms with van der Waals surface area (Å²) in [6, 6.07) is 5.06. The fraction of sp³-hybridized carbons (Fsp3) is 0.333. The van der Waals surface area contributed by atoms with Crippen LogP contribution in [0.15, 0.2) is 29.5 Å². The maximum atomic E-state index is 12.0. The van der Waals surface area contributed by atoms with Gasteiger partial charge in [-0.3, -0.25) is 14.4 Å². The molecule has 0 fully saturated rings. The van der Waals surface area contributed by atoms with Crippen LogP contribution in [0.3, 0.4) is 0 Å². The number of nitrogens with one attached hydrogen (secondary N) is 1. The Hall–Kier alpha value is -3.36. The normalized spacial score (nSPS) is 11.0. The van der Waals surface area contributed by atoms with Gasteiger partial charge < -0.3 is 14.8 Å². The van der Waals surface area contributed by atoms with E-state index in [4.69, 9.17) is 9.47 Å². The minimum Gasteiger partial charge on any atom is -0.465 e. The van der Waals surface area contributed by atoms with E-state index in [0.29, 0.717) is 16.6 Å². The Morgan fingerprint density at radius 3 is 2.41 bits per heavy atom. The Labute approximate surface area is 155 Å².